The summed E-state index contributed by atoms with van der Waals surface area (Å²) >= 11 is 6.13. The molecule has 0 aliphatic rings. The van der Waals surface area contributed by atoms with Crippen LogP contribution in [0, 0.1) is 0 Å². The summed E-state index contributed by atoms with van der Waals surface area (Å²) < 4.78 is 11.0. The molecule has 1 heterocycles. The van der Waals surface area contributed by atoms with E-state index >= 15 is 0 Å². The summed E-state index contributed by atoms with van der Waals surface area (Å²) in [4.78, 5) is 18.8. The number of hydrogen-bond donors (Lipinski definition) is 0. The fourth-order valence-corrected chi connectivity index (χ4v) is 2.71. The maximum Gasteiger partial charge on any atom is 0.340 e. The Bertz CT molecular complexity index is 1100. The summed E-state index contributed by atoms with van der Waals surface area (Å²) in [7, 11) is 0. The maximum atomic E-state index is 12.0. The van der Waals surface area contributed by atoms with E-state index in [-0.39, 0.29) is 12.3 Å². The molecule has 0 fully saturated rings. The number of pyridine rings is 1. The van der Waals surface area contributed by atoms with E-state index in [0.29, 0.717) is 22.1 Å². The first-order chi connectivity index (χ1) is 13.6. The zero-order valence-corrected chi connectivity index (χ0v) is 15.6. The summed E-state index contributed by atoms with van der Waals surface area (Å²) in [6, 6.07) is 12.4. The minimum Gasteiger partial charge on any atom is -0.462 e. The number of rotatable bonds is 6. The Morgan fingerprint density at radius 1 is 1.29 bits per heavy atom. The normalized spacial score (nSPS) is 11.0. The van der Waals surface area contributed by atoms with Gasteiger partial charge in [0.2, 0.25) is 0 Å². The number of nitrogens with zero attached hydrogens (tertiary/aromatic N) is 4. The summed E-state index contributed by atoms with van der Waals surface area (Å²) in [5, 5.41) is 5.67. The van der Waals surface area contributed by atoms with Gasteiger partial charge in [-0.15, -0.1) is 0 Å². The van der Waals surface area contributed by atoms with Crippen LogP contribution in [0.2, 0.25) is 5.02 Å². The van der Waals surface area contributed by atoms with E-state index in [1.165, 1.54) is 6.08 Å². The van der Waals surface area contributed by atoms with E-state index in [9.17, 15) is 4.79 Å². The molecule has 28 heavy (non-hydrogen) atoms. The van der Waals surface area contributed by atoms with Crippen molar-refractivity contribution in [3.63, 3.8) is 0 Å². The summed E-state index contributed by atoms with van der Waals surface area (Å²) in [5.74, 6) is 0.266. The van der Waals surface area contributed by atoms with Gasteiger partial charge in [0.15, 0.2) is 0 Å². The minimum absolute atomic E-state index is 0.158. The monoisotopic (exact) mass is 394 g/mol. The molecule has 0 aliphatic carbocycles. The van der Waals surface area contributed by atoms with Crippen LogP contribution in [-0.2, 0) is 9.53 Å². The van der Waals surface area contributed by atoms with Crippen molar-refractivity contribution in [3.8, 4) is 11.5 Å². The van der Waals surface area contributed by atoms with E-state index < -0.39 is 5.97 Å². The van der Waals surface area contributed by atoms with Crippen LogP contribution < -0.4 is 4.74 Å². The first-order valence-corrected chi connectivity index (χ1v) is 8.74. The molecule has 0 saturated heterocycles. The van der Waals surface area contributed by atoms with Gasteiger partial charge in [0.25, 0.3) is 0 Å². The number of aromatic nitrogens is 1. The number of fused-ring (bicyclic) bond motifs is 1. The number of esters is 1. The highest BCUT2D eigenvalue weighted by Crippen LogP contribution is 2.34. The highest BCUT2D eigenvalue weighted by atomic mass is 35.5. The third-order valence-corrected chi connectivity index (χ3v) is 4.00. The maximum absolute atomic E-state index is 12.0. The Morgan fingerprint density at radius 2 is 2.14 bits per heavy atom. The van der Waals surface area contributed by atoms with Crippen LogP contribution in [0.25, 0.3) is 27.3 Å². The molecule has 0 spiro atoms. The Kier molecular flexibility index (Phi) is 6.11. The number of ether oxygens (including phenoxy) is 2. The third kappa shape index (κ3) is 4.40. The lowest BCUT2D eigenvalue weighted by Crippen LogP contribution is -2.05. The molecule has 140 valence electrons. The molecule has 1 aromatic heterocycles. The Labute approximate surface area is 165 Å². The number of hydrogen-bond acceptors (Lipinski definition) is 5. The molecule has 3 aromatic rings. The van der Waals surface area contributed by atoms with Gasteiger partial charge in [-0.2, -0.15) is 0 Å². The lowest BCUT2D eigenvalue weighted by atomic mass is 10.1. The number of carbonyl (C=O) groups excluding carboxylic acids is 1. The van der Waals surface area contributed by atoms with Crippen LogP contribution >= 0.6 is 11.6 Å². The second-order valence-electron chi connectivity index (χ2n) is 5.58. The lowest BCUT2D eigenvalue weighted by molar-refractivity contribution is -0.138. The van der Waals surface area contributed by atoms with E-state index in [1.807, 2.05) is 24.3 Å². The summed E-state index contributed by atoms with van der Waals surface area (Å²) in [6.45, 7) is 1.82. The van der Waals surface area contributed by atoms with E-state index in [0.717, 1.165) is 10.8 Å². The molecule has 3 rings (SSSR count). The van der Waals surface area contributed by atoms with E-state index in [2.05, 4.69) is 15.0 Å². The van der Waals surface area contributed by atoms with Crippen LogP contribution in [0.5, 0.6) is 11.5 Å². The van der Waals surface area contributed by atoms with Gasteiger partial charge in [0.1, 0.15) is 17.2 Å². The zero-order chi connectivity index (χ0) is 19.9. The average molecular weight is 395 g/mol. The van der Waals surface area contributed by atoms with Crippen LogP contribution in [-0.4, -0.2) is 17.6 Å². The first-order valence-electron chi connectivity index (χ1n) is 8.36. The first kappa shape index (κ1) is 19.2. The molecule has 0 aliphatic heterocycles. The largest absolute Gasteiger partial charge is 0.462 e. The predicted molar refractivity (Wildman–Crippen MR) is 107 cm³/mol. The van der Waals surface area contributed by atoms with Gasteiger partial charge in [-0.1, -0.05) is 28.8 Å². The van der Waals surface area contributed by atoms with Gasteiger partial charge in [-0.25, -0.2) is 4.79 Å². The second-order valence-corrected chi connectivity index (χ2v) is 6.01. The number of halogens is 1. The van der Waals surface area contributed by atoms with Gasteiger partial charge >= 0.3 is 5.97 Å². The molecule has 0 bridgehead atoms. The zero-order valence-electron chi connectivity index (χ0n) is 14.9. The molecule has 2 aromatic carbocycles. The topological polar surface area (TPSA) is 97.2 Å². The standard InChI is InChI=1S/C20H15ClN4O3/c1-2-27-20(26)17(24-25-22)10-13-6-7-15(21)11-19(13)28-18-5-3-4-14-12-23-9-8-16(14)18/h3-12H,2H2,1H3/b17-10+. The van der Waals surface area contributed by atoms with Crippen molar-refractivity contribution in [2.24, 2.45) is 5.11 Å². The fourth-order valence-electron chi connectivity index (χ4n) is 2.55. The molecule has 0 saturated carbocycles. The van der Waals surface area contributed by atoms with Crippen molar-refractivity contribution in [1.29, 1.82) is 0 Å². The van der Waals surface area contributed by atoms with Crippen LogP contribution in [0.1, 0.15) is 12.5 Å². The quantitative estimate of drug-likeness (QED) is 0.171. The Balaban J connectivity index is 2.07. The molecule has 0 amide bonds. The van der Waals surface area contributed by atoms with E-state index in [4.69, 9.17) is 26.6 Å². The Morgan fingerprint density at radius 3 is 2.93 bits per heavy atom. The molecule has 0 N–H and O–H groups in total. The fraction of sp³-hybridized carbons (Fsp3) is 0.100. The van der Waals surface area contributed by atoms with Crippen molar-refractivity contribution in [2.75, 3.05) is 6.61 Å². The van der Waals surface area contributed by atoms with Crippen LogP contribution in [0.4, 0.5) is 0 Å². The number of azide groups is 1. The predicted octanol–water partition coefficient (Wildman–Crippen LogP) is 5.89. The van der Waals surface area contributed by atoms with Crippen LogP contribution in [0.15, 0.2) is 65.7 Å². The smallest absolute Gasteiger partial charge is 0.340 e. The minimum atomic E-state index is -0.725. The summed E-state index contributed by atoms with van der Waals surface area (Å²) in [5.41, 5.74) is 9.07. The third-order valence-electron chi connectivity index (χ3n) is 3.77. The van der Waals surface area contributed by atoms with E-state index in [1.54, 1.807) is 37.5 Å². The van der Waals surface area contributed by atoms with Crippen molar-refractivity contribution in [3.05, 3.63) is 81.6 Å². The van der Waals surface area contributed by atoms with Crippen LogP contribution in [0.3, 0.4) is 0 Å². The SMILES string of the molecule is CCOC(=O)/C(=C\c1ccc(Cl)cc1Oc1cccc2cnccc12)N=[N+]=[N-]. The molecule has 0 unspecified atom stereocenters. The Hall–Kier alpha value is -3.54. The second kappa shape index (κ2) is 8.90. The molecule has 0 atom stereocenters. The average Bonchev–Trinajstić information content (AvgIpc) is 2.70. The van der Waals surface area contributed by atoms with Gasteiger partial charge in [-0.3, -0.25) is 4.98 Å². The highest BCUT2D eigenvalue weighted by molar-refractivity contribution is 6.30. The molecular formula is C20H15ClN4O3. The van der Waals surface area contributed by atoms with Crippen molar-refractivity contribution in [1.82, 2.24) is 4.98 Å². The summed E-state index contributed by atoms with van der Waals surface area (Å²) in [6.07, 6.45) is 4.81. The van der Waals surface area contributed by atoms with Gasteiger partial charge < -0.3 is 9.47 Å². The van der Waals surface area contributed by atoms with Gasteiger partial charge in [0.05, 0.1) is 6.61 Å². The van der Waals surface area contributed by atoms with Crippen molar-refractivity contribution >= 4 is 34.4 Å². The lowest BCUT2D eigenvalue weighted by Gasteiger charge is -2.12. The van der Waals surface area contributed by atoms with Gasteiger partial charge in [-0.05, 0) is 42.8 Å². The molecule has 0 radical (unpaired) electrons. The molecule has 7 nitrogen and oxygen atoms in total. The van der Waals surface area contributed by atoms with Crippen molar-refractivity contribution in [2.45, 2.75) is 6.92 Å². The molecule has 8 heteroatoms. The number of benzene rings is 2. The van der Waals surface area contributed by atoms with Crippen molar-refractivity contribution < 1.29 is 14.3 Å². The molecular weight excluding hydrogens is 380 g/mol. The highest BCUT2D eigenvalue weighted by Gasteiger charge is 2.13. The van der Waals surface area contributed by atoms with Gasteiger partial charge in [0, 0.05) is 44.7 Å². The number of carbonyl (C=O) groups is 1.